The Balaban J connectivity index is 4.07. The van der Waals surface area contributed by atoms with Crippen LogP contribution in [0.3, 0.4) is 0 Å². The average molecular weight is 1150 g/mol. The van der Waals surface area contributed by atoms with E-state index in [0.717, 1.165) is 0 Å². The molecule has 0 aromatic heterocycles. The zero-order chi connectivity index (χ0) is 51.3. The topological polar surface area (TPSA) is 0 Å². The molecule has 0 N–H and O–H groups in total. The van der Waals surface area contributed by atoms with Gasteiger partial charge in [-0.15, -0.1) is 0 Å². The normalized spacial score (nSPS) is 15.5. The third kappa shape index (κ3) is 14.5. The van der Waals surface area contributed by atoms with E-state index in [1.807, 2.05) is 0 Å². The van der Waals surface area contributed by atoms with E-state index in [1.165, 1.54) is 9.96 Å². The average Bonchev–Trinajstić information content (AvgIpc) is 2.88. The van der Waals surface area contributed by atoms with Crippen LogP contribution in [0.15, 0.2) is 24.3 Å². The van der Waals surface area contributed by atoms with E-state index in [2.05, 4.69) is 241 Å². The molecule has 2 aromatic rings. The monoisotopic (exact) mass is 1140 g/mol. The van der Waals surface area contributed by atoms with Crippen LogP contribution in [0.25, 0.3) is 0 Å². The molecule has 0 unspecified atom stereocenters. The van der Waals surface area contributed by atoms with E-state index < -0.39 is 92.1 Å². The molecule has 0 nitrogen and oxygen atoms in total. The van der Waals surface area contributed by atoms with Gasteiger partial charge in [-0.3, -0.25) is 0 Å². The van der Waals surface area contributed by atoms with Gasteiger partial charge in [0, 0.05) is 0 Å². The summed E-state index contributed by atoms with van der Waals surface area (Å²) in [5.74, 6) is 0. The summed E-state index contributed by atoms with van der Waals surface area (Å²) in [5.41, 5.74) is 9.73. The molecule has 0 radical (unpaired) electrons. The van der Waals surface area contributed by atoms with E-state index >= 15 is 0 Å². The summed E-state index contributed by atoms with van der Waals surface area (Å²) in [6, 6.07) is 11.3. The van der Waals surface area contributed by atoms with Gasteiger partial charge >= 0.3 is 427 Å². The van der Waals surface area contributed by atoms with Crippen molar-refractivity contribution in [2.75, 3.05) is 0 Å². The zero-order valence-electron chi connectivity index (χ0n) is 49.0. The second-order valence-corrected chi connectivity index (χ2v) is 100. The first-order valence-corrected chi connectivity index (χ1v) is 68.7. The van der Waals surface area contributed by atoms with Crippen LogP contribution >= 0.6 is 20.0 Å². The zero-order valence-corrected chi connectivity index (χ0v) is 62.6. The maximum absolute atomic E-state index is 9.36. The van der Waals surface area contributed by atoms with Crippen LogP contribution in [0.4, 0.5) is 0 Å². The molecular weight excluding hydrogens is 1040 g/mol. The molecule has 0 spiro atoms. The molecule has 0 saturated carbocycles. The van der Waals surface area contributed by atoms with E-state index in [9.17, 15) is 20.0 Å². The number of hydrogen-bond acceptors (Lipinski definition) is 0. The summed E-state index contributed by atoms with van der Waals surface area (Å²) < 4.78 is 3.07. The van der Waals surface area contributed by atoms with Gasteiger partial charge in [0.15, 0.2) is 0 Å². The van der Waals surface area contributed by atoms with Gasteiger partial charge in [-0.25, -0.2) is 0 Å². The predicted molar refractivity (Wildman–Crippen MR) is 335 cm³/mol. The molecule has 0 bridgehead atoms. The molecular formula is C51H108Cl2GeSi10. The van der Waals surface area contributed by atoms with Crippen LogP contribution in [0.1, 0.15) is 80.0 Å². The van der Waals surface area contributed by atoms with E-state index in [1.54, 1.807) is 32.2 Å². The minimum absolute atomic E-state index is 0.00533. The van der Waals surface area contributed by atoms with Crippen LogP contribution in [0.2, 0.25) is 196 Å². The van der Waals surface area contributed by atoms with Gasteiger partial charge in [0.05, 0.1) is 0 Å². The molecule has 2 aromatic carbocycles. The molecule has 0 amide bonds. The predicted octanol–water partition coefficient (Wildman–Crippen LogP) is 18.2. The molecule has 0 aliphatic rings. The Hall–Kier alpha value is 1.73. The molecule has 370 valence electrons. The molecule has 0 aliphatic carbocycles. The number of benzene rings is 2. The molecule has 0 saturated heterocycles. The van der Waals surface area contributed by atoms with E-state index in [-0.39, 0.29) is 5.41 Å². The van der Waals surface area contributed by atoms with Gasteiger partial charge in [-0.1, -0.05) is 0 Å². The van der Waals surface area contributed by atoms with Crippen molar-refractivity contribution in [1.82, 2.24) is 0 Å². The Kier molecular flexibility index (Phi) is 18.6. The van der Waals surface area contributed by atoms with Crippen LogP contribution in [-0.2, 0) is 5.41 Å². The fourth-order valence-electron chi connectivity index (χ4n) is 15.0. The Bertz CT molecular complexity index is 1770. The summed E-state index contributed by atoms with van der Waals surface area (Å²) in [6.45, 7) is 87.8. The Morgan fingerprint density at radius 2 is 0.484 bits per heavy atom. The Morgan fingerprint density at radius 1 is 0.312 bits per heavy atom. The van der Waals surface area contributed by atoms with Crippen molar-refractivity contribution in [2.24, 2.45) is 0 Å². The summed E-state index contributed by atoms with van der Waals surface area (Å²) in [5, 5.41) is 2.80. The van der Waals surface area contributed by atoms with Crippen LogP contribution < -0.4 is 8.79 Å². The SMILES string of the molecule is CC(C)(C)c1cc(C([Si](C)(C)C)[Si](C)(C)C)[c]([Ge]([Cl])([Cl])[c]2c(C([Si](C)(C)C)[Si](C)(C)C)cc(C([Si](C)(C)C)[Si](C)(C)C)cc2C([Si](C)(C)C)[Si](C)(C)C)c(C([Si](C)(C)C)[Si](C)(C)C)c1. The fraction of sp³-hybridized carbons (Fsp3) is 0.765. The molecule has 0 heterocycles. The first-order chi connectivity index (χ1) is 27.5. The third-order valence-electron chi connectivity index (χ3n) is 14.2. The van der Waals surface area contributed by atoms with Gasteiger partial charge in [-0.05, 0) is 0 Å². The molecule has 0 aliphatic heterocycles. The molecule has 0 atom stereocenters. The third-order valence-corrected chi connectivity index (χ3v) is 69.6. The van der Waals surface area contributed by atoms with Crippen molar-refractivity contribution < 1.29 is 0 Å². The van der Waals surface area contributed by atoms with Gasteiger partial charge in [0.2, 0.25) is 0 Å². The van der Waals surface area contributed by atoms with E-state index in [0.29, 0.717) is 25.8 Å². The van der Waals surface area contributed by atoms with Crippen molar-refractivity contribution in [2.45, 2.75) is 248 Å². The summed E-state index contributed by atoms with van der Waals surface area (Å²) in [7, 11) is 0.660. The fourth-order valence-corrected chi connectivity index (χ4v) is 90.9. The second-order valence-electron chi connectivity index (χ2n) is 32.8. The quantitative estimate of drug-likeness (QED) is 0.139. The van der Waals surface area contributed by atoms with Crippen molar-refractivity contribution in [1.29, 1.82) is 0 Å². The number of hydrogen-bond donors (Lipinski definition) is 0. The summed E-state index contributed by atoms with van der Waals surface area (Å²) >= 11 is -4.43. The first kappa shape index (κ1) is 61.9. The first-order valence-electron chi connectivity index (χ1n) is 25.3. The maximum atomic E-state index is 9.36. The van der Waals surface area contributed by atoms with Gasteiger partial charge < -0.3 is 0 Å². The van der Waals surface area contributed by atoms with Crippen LogP contribution in [0.5, 0.6) is 0 Å². The number of halogens is 2. The van der Waals surface area contributed by atoms with Crippen molar-refractivity contribution in [3.8, 4) is 0 Å². The summed E-state index contributed by atoms with van der Waals surface area (Å²) in [6.07, 6.45) is 0. The second kappa shape index (κ2) is 19.3. The van der Waals surface area contributed by atoms with Crippen molar-refractivity contribution in [3.05, 3.63) is 57.6 Å². The van der Waals surface area contributed by atoms with E-state index in [4.69, 9.17) is 0 Å². The molecule has 64 heavy (non-hydrogen) atoms. The van der Waals surface area contributed by atoms with Crippen LogP contribution in [0, 0.1) is 0 Å². The molecule has 0 fully saturated rings. The van der Waals surface area contributed by atoms with Gasteiger partial charge in [-0.2, -0.15) is 0 Å². The number of rotatable bonds is 17. The molecule has 2 rings (SSSR count). The van der Waals surface area contributed by atoms with Gasteiger partial charge in [0.25, 0.3) is 0 Å². The van der Waals surface area contributed by atoms with Crippen LogP contribution in [-0.4, -0.2) is 92.1 Å². The summed E-state index contributed by atoms with van der Waals surface area (Å²) in [4.78, 5) is 0. The Morgan fingerprint density at radius 3 is 0.641 bits per heavy atom. The Labute approximate surface area is 423 Å². The molecule has 13 heteroatoms. The van der Waals surface area contributed by atoms with Gasteiger partial charge in [0.1, 0.15) is 0 Å². The van der Waals surface area contributed by atoms with Crippen molar-refractivity contribution in [3.63, 3.8) is 0 Å². The standard InChI is InChI=1S/C51H108Cl2GeSi10/c1-51(2,3)39-36-42(49(61(22,23)24)62(25,26)27)45(43(37-39)50(63(28,29)30)64(31,32)33)54(52,53)44-40(47(57(10,11)12)58(13,14)15)34-38(46(55(4,5)6)56(7,8)9)35-41(44)48(59(16,17)18)60(19,20)21/h34-37,46-50H,1-33H3. The van der Waals surface area contributed by atoms with Crippen molar-refractivity contribution >= 4 is 121 Å². The minimum atomic E-state index is -4.43.